The average molecular weight is 174 g/mol. The molecular formula is C6H8F2N4. The molecule has 0 aliphatic heterocycles. The second-order valence-corrected chi connectivity index (χ2v) is 2.16. The number of aryl methyl sites for hydroxylation is 1. The zero-order valence-corrected chi connectivity index (χ0v) is 6.51. The molecule has 0 fully saturated rings. The van der Waals surface area contributed by atoms with E-state index in [0.29, 0.717) is 5.69 Å². The number of aromatic nitrogens is 3. The van der Waals surface area contributed by atoms with Crippen LogP contribution in [0.1, 0.15) is 5.69 Å². The first kappa shape index (κ1) is 8.76. The van der Waals surface area contributed by atoms with Crippen molar-refractivity contribution in [3.05, 3.63) is 11.6 Å². The van der Waals surface area contributed by atoms with Gasteiger partial charge in [-0.3, -0.25) is 0 Å². The van der Waals surface area contributed by atoms with Crippen LogP contribution in [0.2, 0.25) is 0 Å². The van der Waals surface area contributed by atoms with Crippen LogP contribution in [-0.2, 0) is 0 Å². The Kier molecular flexibility index (Phi) is 2.84. The molecule has 66 valence electrons. The van der Waals surface area contributed by atoms with Crippen LogP contribution in [0.25, 0.3) is 0 Å². The minimum Gasteiger partial charge on any atom is -0.377 e. The fourth-order valence-corrected chi connectivity index (χ4v) is 0.751. The number of alkyl halides is 1. The van der Waals surface area contributed by atoms with Crippen LogP contribution in [0.4, 0.5) is 14.5 Å². The molecule has 1 N–H and O–H groups in total. The van der Waals surface area contributed by atoms with E-state index >= 15 is 0 Å². The molecule has 1 aromatic heterocycles. The van der Waals surface area contributed by atoms with Crippen molar-refractivity contribution in [1.29, 1.82) is 0 Å². The standard InChI is InChI=1S/C6H8F2N4/c1-4-5(9-3-2-7)6(8)11-12-10-4/h2-3H2,1H3,(H,9,12). The van der Waals surface area contributed by atoms with Gasteiger partial charge in [0.15, 0.2) is 0 Å². The van der Waals surface area contributed by atoms with Crippen molar-refractivity contribution in [2.24, 2.45) is 0 Å². The van der Waals surface area contributed by atoms with Crippen molar-refractivity contribution >= 4 is 5.69 Å². The predicted octanol–water partition coefficient (Wildman–Crippen LogP) is 0.701. The molecule has 1 heterocycles. The van der Waals surface area contributed by atoms with Crippen molar-refractivity contribution in [2.75, 3.05) is 18.5 Å². The maximum Gasteiger partial charge on any atom is 0.259 e. The summed E-state index contributed by atoms with van der Waals surface area (Å²) < 4.78 is 24.5. The summed E-state index contributed by atoms with van der Waals surface area (Å²) in [5.74, 6) is -0.754. The van der Waals surface area contributed by atoms with Gasteiger partial charge < -0.3 is 5.32 Å². The number of hydrogen-bond acceptors (Lipinski definition) is 4. The molecule has 6 heteroatoms. The average Bonchev–Trinajstić information content (AvgIpc) is 2.04. The second kappa shape index (κ2) is 3.89. The van der Waals surface area contributed by atoms with Gasteiger partial charge in [-0.1, -0.05) is 5.10 Å². The topological polar surface area (TPSA) is 50.7 Å². The van der Waals surface area contributed by atoms with Gasteiger partial charge in [0.25, 0.3) is 5.95 Å². The van der Waals surface area contributed by atoms with Crippen molar-refractivity contribution < 1.29 is 8.78 Å². The molecule has 12 heavy (non-hydrogen) atoms. The largest absolute Gasteiger partial charge is 0.377 e. The van der Waals surface area contributed by atoms with Crippen LogP contribution in [-0.4, -0.2) is 28.6 Å². The molecular weight excluding hydrogens is 166 g/mol. The Balaban J connectivity index is 2.81. The van der Waals surface area contributed by atoms with Gasteiger partial charge in [0.2, 0.25) is 0 Å². The van der Waals surface area contributed by atoms with Crippen LogP contribution in [0.5, 0.6) is 0 Å². The lowest BCUT2D eigenvalue weighted by atomic mass is 10.4. The molecule has 0 saturated carbocycles. The highest BCUT2D eigenvalue weighted by molar-refractivity contribution is 5.45. The summed E-state index contributed by atoms with van der Waals surface area (Å²) in [6.45, 7) is 1.05. The van der Waals surface area contributed by atoms with E-state index in [1.807, 2.05) is 0 Å². The molecule has 0 aliphatic carbocycles. The summed E-state index contributed by atoms with van der Waals surface area (Å²) in [6.07, 6.45) is 0. The summed E-state index contributed by atoms with van der Waals surface area (Å²) >= 11 is 0. The zero-order chi connectivity index (χ0) is 8.97. The number of nitrogens with zero attached hydrogens (tertiary/aromatic N) is 3. The van der Waals surface area contributed by atoms with E-state index < -0.39 is 12.6 Å². The monoisotopic (exact) mass is 174 g/mol. The molecule has 0 unspecified atom stereocenters. The van der Waals surface area contributed by atoms with Gasteiger partial charge in [-0.2, -0.15) is 4.39 Å². The van der Waals surface area contributed by atoms with Gasteiger partial charge in [0.05, 0.1) is 5.69 Å². The first-order valence-electron chi connectivity index (χ1n) is 3.41. The van der Waals surface area contributed by atoms with Crippen molar-refractivity contribution in [1.82, 2.24) is 15.4 Å². The Morgan fingerprint density at radius 3 is 2.75 bits per heavy atom. The van der Waals surface area contributed by atoms with Crippen LogP contribution >= 0.6 is 0 Å². The minimum atomic E-state index is -0.754. The van der Waals surface area contributed by atoms with E-state index in [0.717, 1.165) is 0 Å². The first-order valence-corrected chi connectivity index (χ1v) is 3.41. The normalized spacial score (nSPS) is 9.92. The third kappa shape index (κ3) is 1.84. The number of hydrogen-bond donors (Lipinski definition) is 1. The number of rotatable bonds is 3. The van der Waals surface area contributed by atoms with Crippen molar-refractivity contribution in [3.8, 4) is 0 Å². The van der Waals surface area contributed by atoms with E-state index in [1.165, 1.54) is 0 Å². The molecule has 0 spiro atoms. The van der Waals surface area contributed by atoms with Crippen LogP contribution in [0.15, 0.2) is 0 Å². The molecule has 1 aromatic rings. The highest BCUT2D eigenvalue weighted by Crippen LogP contribution is 2.12. The van der Waals surface area contributed by atoms with Gasteiger partial charge in [-0.05, 0) is 12.1 Å². The molecule has 4 nitrogen and oxygen atoms in total. The lowest BCUT2D eigenvalue weighted by Gasteiger charge is -2.04. The molecule has 0 saturated heterocycles. The highest BCUT2D eigenvalue weighted by Gasteiger charge is 2.07. The van der Waals surface area contributed by atoms with E-state index in [-0.39, 0.29) is 12.2 Å². The Labute approximate surface area is 68.0 Å². The van der Waals surface area contributed by atoms with Crippen LogP contribution in [0, 0.1) is 12.9 Å². The fourth-order valence-electron chi connectivity index (χ4n) is 0.751. The predicted molar refractivity (Wildman–Crippen MR) is 39.0 cm³/mol. The smallest absolute Gasteiger partial charge is 0.259 e. The maximum absolute atomic E-state index is 12.8. The molecule has 0 aliphatic rings. The summed E-state index contributed by atoms with van der Waals surface area (Å²) in [7, 11) is 0. The van der Waals surface area contributed by atoms with Gasteiger partial charge >= 0.3 is 0 Å². The maximum atomic E-state index is 12.8. The zero-order valence-electron chi connectivity index (χ0n) is 6.51. The van der Waals surface area contributed by atoms with Crippen molar-refractivity contribution in [2.45, 2.75) is 6.92 Å². The van der Waals surface area contributed by atoms with Crippen LogP contribution in [0.3, 0.4) is 0 Å². The van der Waals surface area contributed by atoms with Gasteiger partial charge in [0, 0.05) is 6.54 Å². The molecule has 1 rings (SSSR count). The third-order valence-corrected chi connectivity index (χ3v) is 1.29. The Morgan fingerprint density at radius 1 is 1.42 bits per heavy atom. The highest BCUT2D eigenvalue weighted by atomic mass is 19.1. The van der Waals surface area contributed by atoms with E-state index in [4.69, 9.17) is 0 Å². The van der Waals surface area contributed by atoms with Crippen molar-refractivity contribution in [3.63, 3.8) is 0 Å². The van der Waals surface area contributed by atoms with E-state index in [9.17, 15) is 8.78 Å². The number of anilines is 1. The SMILES string of the molecule is Cc1nnnc(F)c1NCCF. The molecule has 0 radical (unpaired) electrons. The van der Waals surface area contributed by atoms with Gasteiger partial charge in [0.1, 0.15) is 12.4 Å². The van der Waals surface area contributed by atoms with E-state index in [1.54, 1.807) is 6.92 Å². The molecule has 0 amide bonds. The lowest BCUT2D eigenvalue weighted by molar-refractivity contribution is 0.508. The Morgan fingerprint density at radius 2 is 2.17 bits per heavy atom. The first-order chi connectivity index (χ1) is 5.75. The second-order valence-electron chi connectivity index (χ2n) is 2.16. The lowest BCUT2D eigenvalue weighted by Crippen LogP contribution is -2.09. The van der Waals surface area contributed by atoms with Gasteiger partial charge in [-0.15, -0.1) is 5.10 Å². The van der Waals surface area contributed by atoms with Crippen LogP contribution < -0.4 is 5.32 Å². The third-order valence-electron chi connectivity index (χ3n) is 1.29. The fraction of sp³-hybridized carbons (Fsp3) is 0.500. The summed E-state index contributed by atoms with van der Waals surface area (Å²) in [6, 6.07) is 0. The molecule has 0 bridgehead atoms. The molecule has 0 aromatic carbocycles. The minimum absolute atomic E-state index is 0.0468. The van der Waals surface area contributed by atoms with E-state index in [2.05, 4.69) is 20.7 Å². The number of nitrogens with one attached hydrogen (secondary N) is 1. The quantitative estimate of drug-likeness (QED) is 0.732. The number of halogens is 2. The summed E-state index contributed by atoms with van der Waals surface area (Å²) in [4.78, 5) is 0. The Hall–Kier alpha value is -1.33. The van der Waals surface area contributed by atoms with Gasteiger partial charge in [-0.25, -0.2) is 4.39 Å². The summed E-state index contributed by atoms with van der Waals surface area (Å²) in [5, 5.41) is 12.2. The Bertz CT molecular complexity index is 245. The summed E-state index contributed by atoms with van der Waals surface area (Å²) in [5.41, 5.74) is 0.485. The molecule has 0 atom stereocenters.